The molecule has 0 aromatic heterocycles. The molecule has 136 valence electrons. The zero-order valence-corrected chi connectivity index (χ0v) is 15.6. The van der Waals surface area contributed by atoms with Crippen molar-refractivity contribution in [2.75, 3.05) is 20.2 Å². The average molecular weight is 351 g/mol. The van der Waals surface area contributed by atoms with Gasteiger partial charge in [-0.25, -0.2) is 0 Å². The van der Waals surface area contributed by atoms with Crippen LogP contribution in [0.25, 0.3) is 0 Å². The number of nitrogens with one attached hydrogen (secondary N) is 1. The monoisotopic (exact) mass is 351 g/mol. The summed E-state index contributed by atoms with van der Waals surface area (Å²) in [7, 11) is 1.55. The summed E-state index contributed by atoms with van der Waals surface area (Å²) in [5, 5.41) is 7.55. The number of ether oxygens (including phenoxy) is 1. The summed E-state index contributed by atoms with van der Waals surface area (Å²) >= 11 is 0. The van der Waals surface area contributed by atoms with E-state index in [1.807, 2.05) is 18.2 Å². The van der Waals surface area contributed by atoms with Crippen molar-refractivity contribution in [1.82, 2.24) is 5.32 Å². The zero-order chi connectivity index (χ0) is 18.4. The highest BCUT2D eigenvalue weighted by atomic mass is 16.6. The maximum atomic E-state index is 6.10. The molecule has 0 atom stereocenters. The van der Waals surface area contributed by atoms with Crippen molar-refractivity contribution in [2.45, 2.75) is 26.9 Å². The number of rotatable bonds is 6. The number of amidine groups is 1. The quantitative estimate of drug-likeness (QED) is 0.639. The number of oxime groups is 1. The van der Waals surface area contributed by atoms with Gasteiger partial charge in [0.05, 0.1) is 0 Å². The first-order valence-corrected chi connectivity index (χ1v) is 8.87. The fraction of sp³-hybridized carbons (Fsp3) is 0.333. The van der Waals surface area contributed by atoms with Crippen LogP contribution in [-0.4, -0.2) is 31.7 Å². The maximum Gasteiger partial charge on any atom is 0.152 e. The Labute approximate surface area is 154 Å². The normalized spacial score (nSPS) is 14.4. The van der Waals surface area contributed by atoms with Gasteiger partial charge in [-0.2, -0.15) is 0 Å². The van der Waals surface area contributed by atoms with Crippen LogP contribution >= 0.6 is 0 Å². The molecular formula is C21H25N3O2. The molecule has 2 aromatic rings. The van der Waals surface area contributed by atoms with Gasteiger partial charge in [0.2, 0.25) is 0 Å². The predicted molar refractivity (Wildman–Crippen MR) is 105 cm³/mol. The van der Waals surface area contributed by atoms with E-state index in [0.29, 0.717) is 12.3 Å². The van der Waals surface area contributed by atoms with E-state index in [1.165, 1.54) is 5.56 Å². The molecule has 1 N–H and O–H groups in total. The van der Waals surface area contributed by atoms with Crippen LogP contribution in [0.4, 0.5) is 0 Å². The third-order valence-electron chi connectivity index (χ3n) is 4.30. The second-order valence-electron chi connectivity index (χ2n) is 6.35. The van der Waals surface area contributed by atoms with Crippen molar-refractivity contribution < 1.29 is 9.57 Å². The van der Waals surface area contributed by atoms with Crippen LogP contribution in [0.5, 0.6) is 5.75 Å². The molecule has 0 aliphatic carbocycles. The zero-order valence-electron chi connectivity index (χ0n) is 15.6. The summed E-state index contributed by atoms with van der Waals surface area (Å²) in [4.78, 5) is 9.65. The SMILES string of the molecule is CON=C(C1=NCCCN1)c1ccccc1COc1cc(C)ccc1C. The highest BCUT2D eigenvalue weighted by molar-refractivity contribution is 6.47. The second-order valence-corrected chi connectivity index (χ2v) is 6.35. The molecule has 3 rings (SSSR count). The lowest BCUT2D eigenvalue weighted by molar-refractivity contribution is 0.214. The lowest BCUT2D eigenvalue weighted by atomic mass is 10.0. The minimum atomic E-state index is 0.455. The molecule has 0 fully saturated rings. The van der Waals surface area contributed by atoms with Crippen molar-refractivity contribution in [3.8, 4) is 5.75 Å². The molecule has 0 amide bonds. The standard InChI is InChI=1S/C21H25N3O2/c1-15-9-10-16(2)19(13-15)26-14-17-7-4-5-8-18(17)20(24-25-3)21-22-11-6-12-23-21/h4-5,7-10,13H,6,11-12,14H2,1-3H3,(H,22,23). The molecule has 0 radical (unpaired) electrons. The van der Waals surface area contributed by atoms with E-state index >= 15 is 0 Å². The first-order chi connectivity index (χ1) is 12.7. The summed E-state index contributed by atoms with van der Waals surface area (Å²) < 4.78 is 6.10. The molecule has 0 saturated carbocycles. The summed E-state index contributed by atoms with van der Waals surface area (Å²) in [5.74, 6) is 1.68. The van der Waals surface area contributed by atoms with Crippen molar-refractivity contribution in [3.63, 3.8) is 0 Å². The first-order valence-electron chi connectivity index (χ1n) is 8.87. The lowest BCUT2D eigenvalue weighted by Gasteiger charge is -2.18. The number of aryl methyl sites for hydroxylation is 2. The second kappa shape index (κ2) is 8.52. The van der Waals surface area contributed by atoms with Crippen molar-refractivity contribution in [1.29, 1.82) is 0 Å². The lowest BCUT2D eigenvalue weighted by Crippen LogP contribution is -2.37. The van der Waals surface area contributed by atoms with Crippen LogP contribution in [0.1, 0.15) is 28.7 Å². The molecule has 1 aliphatic rings. The highest BCUT2D eigenvalue weighted by Crippen LogP contribution is 2.22. The summed E-state index contributed by atoms with van der Waals surface area (Å²) in [6.45, 7) is 6.26. The fourth-order valence-corrected chi connectivity index (χ4v) is 2.90. The smallest absolute Gasteiger partial charge is 0.152 e. The Morgan fingerprint density at radius 3 is 2.81 bits per heavy atom. The van der Waals surface area contributed by atoms with Crippen LogP contribution in [0.2, 0.25) is 0 Å². The molecule has 1 aliphatic heterocycles. The number of benzene rings is 2. The number of hydrogen-bond acceptors (Lipinski definition) is 5. The predicted octanol–water partition coefficient (Wildman–Crippen LogP) is 3.62. The van der Waals surface area contributed by atoms with Gasteiger partial charge in [0.15, 0.2) is 11.5 Å². The Bertz CT molecular complexity index is 828. The van der Waals surface area contributed by atoms with Gasteiger partial charge in [0, 0.05) is 18.7 Å². The van der Waals surface area contributed by atoms with E-state index in [4.69, 9.17) is 9.57 Å². The number of hydrogen-bond donors (Lipinski definition) is 1. The molecular weight excluding hydrogens is 326 g/mol. The van der Waals surface area contributed by atoms with Crippen LogP contribution < -0.4 is 10.1 Å². The molecule has 0 spiro atoms. The average Bonchev–Trinajstić information content (AvgIpc) is 2.68. The third kappa shape index (κ3) is 4.23. The van der Waals surface area contributed by atoms with Gasteiger partial charge in [-0.3, -0.25) is 4.99 Å². The van der Waals surface area contributed by atoms with Gasteiger partial charge in [-0.1, -0.05) is 41.6 Å². The summed E-state index contributed by atoms with van der Waals surface area (Å²) in [6.07, 6.45) is 1.03. The third-order valence-corrected chi connectivity index (χ3v) is 4.30. The van der Waals surface area contributed by atoms with Gasteiger partial charge in [-0.05, 0) is 43.0 Å². The first kappa shape index (κ1) is 18.0. The van der Waals surface area contributed by atoms with Gasteiger partial charge in [0.1, 0.15) is 19.5 Å². The molecule has 5 nitrogen and oxygen atoms in total. The number of aliphatic imine (C=N–C) groups is 1. The topological polar surface area (TPSA) is 55.2 Å². The molecule has 5 heteroatoms. The van der Waals surface area contributed by atoms with Gasteiger partial charge >= 0.3 is 0 Å². The Balaban J connectivity index is 1.88. The molecule has 2 aromatic carbocycles. The van der Waals surface area contributed by atoms with Crippen LogP contribution in [0.3, 0.4) is 0 Å². The van der Waals surface area contributed by atoms with E-state index in [0.717, 1.165) is 47.8 Å². The maximum absolute atomic E-state index is 6.10. The molecule has 0 saturated heterocycles. The summed E-state index contributed by atoms with van der Waals surface area (Å²) in [6, 6.07) is 14.3. The van der Waals surface area contributed by atoms with Crippen LogP contribution in [0, 0.1) is 13.8 Å². The Kier molecular flexibility index (Phi) is 5.89. The van der Waals surface area contributed by atoms with Crippen LogP contribution in [-0.2, 0) is 11.4 Å². The van der Waals surface area contributed by atoms with Gasteiger partial charge in [0.25, 0.3) is 0 Å². The molecule has 0 unspecified atom stereocenters. The van der Waals surface area contributed by atoms with Gasteiger partial charge < -0.3 is 14.9 Å². The number of nitrogens with zero attached hydrogens (tertiary/aromatic N) is 2. The van der Waals surface area contributed by atoms with Crippen LogP contribution in [0.15, 0.2) is 52.6 Å². The van der Waals surface area contributed by atoms with E-state index in [2.05, 4.69) is 53.6 Å². The van der Waals surface area contributed by atoms with E-state index in [1.54, 1.807) is 7.11 Å². The Hall–Kier alpha value is -2.82. The van der Waals surface area contributed by atoms with E-state index in [9.17, 15) is 0 Å². The molecule has 26 heavy (non-hydrogen) atoms. The molecule has 0 bridgehead atoms. The largest absolute Gasteiger partial charge is 0.489 e. The summed E-state index contributed by atoms with van der Waals surface area (Å²) in [5.41, 5.74) is 5.03. The fourth-order valence-electron chi connectivity index (χ4n) is 2.90. The van der Waals surface area contributed by atoms with E-state index in [-0.39, 0.29) is 0 Å². The minimum absolute atomic E-state index is 0.455. The van der Waals surface area contributed by atoms with Crippen molar-refractivity contribution in [2.24, 2.45) is 10.1 Å². The van der Waals surface area contributed by atoms with E-state index < -0.39 is 0 Å². The highest BCUT2D eigenvalue weighted by Gasteiger charge is 2.18. The Morgan fingerprint density at radius 1 is 1.19 bits per heavy atom. The Morgan fingerprint density at radius 2 is 2.04 bits per heavy atom. The van der Waals surface area contributed by atoms with Crippen molar-refractivity contribution in [3.05, 3.63) is 64.7 Å². The molecule has 1 heterocycles. The van der Waals surface area contributed by atoms with Gasteiger partial charge in [-0.15, -0.1) is 0 Å². The van der Waals surface area contributed by atoms with Crippen molar-refractivity contribution >= 4 is 11.5 Å². The minimum Gasteiger partial charge on any atom is -0.489 e.